The third-order valence-corrected chi connectivity index (χ3v) is 7.24. The number of amides is 1. The van der Waals surface area contributed by atoms with Gasteiger partial charge in [-0.05, 0) is 48.9 Å². The molecule has 0 aromatic heterocycles. The highest BCUT2D eigenvalue weighted by Crippen LogP contribution is 2.25. The minimum Gasteiger partial charge on any atom is -0.484 e. The highest BCUT2D eigenvalue weighted by molar-refractivity contribution is 7.92. The van der Waals surface area contributed by atoms with Gasteiger partial charge in [0.2, 0.25) is 0 Å². The summed E-state index contributed by atoms with van der Waals surface area (Å²) < 4.78 is 32.5. The quantitative estimate of drug-likeness (QED) is 0.533. The first-order valence-corrected chi connectivity index (χ1v) is 12.0. The van der Waals surface area contributed by atoms with Crippen LogP contribution in [0.25, 0.3) is 0 Å². The van der Waals surface area contributed by atoms with Crippen LogP contribution in [-0.2, 0) is 14.8 Å². The van der Waals surface area contributed by atoms with E-state index in [0.29, 0.717) is 24.4 Å². The molecule has 1 aliphatic rings. The number of benzene rings is 3. The summed E-state index contributed by atoms with van der Waals surface area (Å²) in [5, 5.41) is 5.85. The van der Waals surface area contributed by atoms with Gasteiger partial charge in [0, 0.05) is 13.5 Å². The molecule has 0 radical (unpaired) electrons. The average molecular weight is 464 g/mol. The monoisotopic (exact) mass is 463 g/mol. The van der Waals surface area contributed by atoms with Crippen LogP contribution in [0.4, 0.5) is 5.69 Å². The van der Waals surface area contributed by atoms with Crippen LogP contribution in [-0.4, -0.2) is 45.2 Å². The van der Waals surface area contributed by atoms with Gasteiger partial charge in [-0.3, -0.25) is 9.10 Å². The molecule has 0 bridgehead atoms. The fourth-order valence-corrected chi connectivity index (χ4v) is 4.65. The van der Waals surface area contributed by atoms with Crippen LogP contribution >= 0.6 is 0 Å². The molecule has 0 aliphatic carbocycles. The fourth-order valence-electron chi connectivity index (χ4n) is 3.45. The molecular formula is C25H25N3O4S. The Balaban J connectivity index is 1.36. The van der Waals surface area contributed by atoms with Crippen molar-refractivity contribution in [3.05, 3.63) is 90.0 Å². The highest BCUT2D eigenvalue weighted by atomic mass is 32.2. The maximum absolute atomic E-state index is 12.9. The molecule has 0 unspecified atom stereocenters. The van der Waals surface area contributed by atoms with Crippen LogP contribution in [0.3, 0.4) is 0 Å². The Bertz CT molecular complexity index is 1260. The molecule has 0 atom stereocenters. The van der Waals surface area contributed by atoms with Gasteiger partial charge in [0.15, 0.2) is 6.61 Å². The summed E-state index contributed by atoms with van der Waals surface area (Å²) in [5.74, 6) is 0.240. The topological polar surface area (TPSA) is 79.3 Å². The second-order valence-electron chi connectivity index (χ2n) is 7.75. The number of anilines is 1. The van der Waals surface area contributed by atoms with Gasteiger partial charge in [-0.15, -0.1) is 0 Å². The van der Waals surface area contributed by atoms with E-state index < -0.39 is 10.0 Å². The van der Waals surface area contributed by atoms with Gasteiger partial charge in [0.25, 0.3) is 15.9 Å². The van der Waals surface area contributed by atoms with Gasteiger partial charge in [-0.25, -0.2) is 13.4 Å². The molecule has 170 valence electrons. The van der Waals surface area contributed by atoms with Crippen molar-refractivity contribution in [3.63, 3.8) is 0 Å². The van der Waals surface area contributed by atoms with Gasteiger partial charge in [0.1, 0.15) is 5.75 Å². The Labute approximate surface area is 194 Å². The van der Waals surface area contributed by atoms with Crippen LogP contribution < -0.4 is 9.04 Å². The molecule has 0 saturated carbocycles. The van der Waals surface area contributed by atoms with E-state index in [9.17, 15) is 13.2 Å². The number of sulfonamides is 1. The molecule has 0 spiro atoms. The van der Waals surface area contributed by atoms with Crippen molar-refractivity contribution in [3.8, 4) is 5.75 Å². The van der Waals surface area contributed by atoms with Crippen molar-refractivity contribution in [1.82, 2.24) is 5.01 Å². The summed E-state index contributed by atoms with van der Waals surface area (Å²) >= 11 is 0. The second kappa shape index (κ2) is 9.46. The van der Waals surface area contributed by atoms with Gasteiger partial charge in [-0.2, -0.15) is 5.10 Å². The van der Waals surface area contributed by atoms with Crippen molar-refractivity contribution in [1.29, 1.82) is 0 Å². The average Bonchev–Trinajstić information content (AvgIpc) is 3.34. The van der Waals surface area contributed by atoms with Gasteiger partial charge >= 0.3 is 0 Å². The maximum atomic E-state index is 12.9. The molecule has 3 aromatic carbocycles. The fraction of sp³-hybridized carbons (Fsp3) is 0.200. The minimum atomic E-state index is -3.67. The lowest BCUT2D eigenvalue weighted by molar-refractivity contribution is -0.132. The standard InChI is InChI=1S/C25H25N3O4S/c1-19-8-14-23(15-9-19)33(30,31)27(2)21-10-12-22(13-11-21)32-18-25(29)28-17-16-24(26-28)20-6-4-3-5-7-20/h3-15H,16-18H2,1-2H3. The first-order valence-electron chi connectivity index (χ1n) is 10.6. The van der Waals surface area contributed by atoms with E-state index in [2.05, 4.69) is 5.10 Å². The van der Waals surface area contributed by atoms with Crippen LogP contribution in [0.1, 0.15) is 17.5 Å². The number of rotatable bonds is 7. The zero-order valence-corrected chi connectivity index (χ0v) is 19.3. The zero-order valence-electron chi connectivity index (χ0n) is 18.5. The number of ether oxygens (including phenoxy) is 1. The Hall–Kier alpha value is -3.65. The highest BCUT2D eigenvalue weighted by Gasteiger charge is 2.23. The molecule has 1 heterocycles. The summed E-state index contributed by atoms with van der Waals surface area (Å²) in [4.78, 5) is 12.7. The second-order valence-corrected chi connectivity index (χ2v) is 9.72. The van der Waals surface area contributed by atoms with Gasteiger partial charge in [-0.1, -0.05) is 48.0 Å². The van der Waals surface area contributed by atoms with E-state index >= 15 is 0 Å². The zero-order chi connectivity index (χ0) is 23.4. The van der Waals surface area contributed by atoms with Crippen LogP contribution in [0, 0.1) is 6.92 Å². The van der Waals surface area contributed by atoms with Crippen LogP contribution in [0.5, 0.6) is 5.75 Å². The third kappa shape index (κ3) is 5.06. The number of carbonyl (C=O) groups is 1. The Morgan fingerprint density at radius 1 is 1.00 bits per heavy atom. The lowest BCUT2D eigenvalue weighted by Gasteiger charge is -2.20. The Kier molecular flexibility index (Phi) is 6.46. The van der Waals surface area contributed by atoms with Gasteiger partial charge in [0.05, 0.1) is 22.8 Å². The molecule has 0 saturated heterocycles. The number of hydrogen-bond acceptors (Lipinski definition) is 5. The van der Waals surface area contributed by atoms with Crippen molar-refractivity contribution < 1.29 is 17.9 Å². The largest absolute Gasteiger partial charge is 0.484 e. The minimum absolute atomic E-state index is 0.150. The summed E-state index contributed by atoms with van der Waals surface area (Å²) in [7, 11) is -2.17. The summed E-state index contributed by atoms with van der Waals surface area (Å²) in [6.07, 6.45) is 0.701. The van der Waals surface area contributed by atoms with Crippen LogP contribution in [0.15, 0.2) is 88.9 Å². The molecule has 7 nitrogen and oxygen atoms in total. The van der Waals surface area contributed by atoms with Gasteiger partial charge < -0.3 is 4.74 Å². The maximum Gasteiger partial charge on any atom is 0.280 e. The predicted molar refractivity (Wildman–Crippen MR) is 128 cm³/mol. The predicted octanol–water partition coefficient (Wildman–Crippen LogP) is 3.84. The molecule has 0 N–H and O–H groups in total. The van der Waals surface area contributed by atoms with E-state index in [1.165, 1.54) is 16.4 Å². The third-order valence-electron chi connectivity index (χ3n) is 5.44. The molecule has 3 aromatic rings. The number of nitrogens with zero attached hydrogens (tertiary/aromatic N) is 3. The molecule has 0 fully saturated rings. The molecule has 1 aliphatic heterocycles. The lowest BCUT2D eigenvalue weighted by atomic mass is 10.1. The normalized spacial score (nSPS) is 13.5. The van der Waals surface area contributed by atoms with E-state index in [1.54, 1.807) is 48.5 Å². The molecule has 8 heteroatoms. The van der Waals surface area contributed by atoms with E-state index in [4.69, 9.17) is 4.74 Å². The van der Waals surface area contributed by atoms with Crippen molar-refractivity contribution in [2.75, 3.05) is 24.5 Å². The summed E-state index contributed by atoms with van der Waals surface area (Å²) in [5.41, 5.74) is 3.37. The first-order chi connectivity index (χ1) is 15.8. The Morgan fingerprint density at radius 3 is 2.33 bits per heavy atom. The Morgan fingerprint density at radius 2 is 1.67 bits per heavy atom. The first kappa shape index (κ1) is 22.5. The molecular weight excluding hydrogens is 438 g/mol. The number of hydrazone groups is 1. The summed E-state index contributed by atoms with van der Waals surface area (Å²) in [6, 6.07) is 23.1. The number of carbonyl (C=O) groups excluding carboxylic acids is 1. The molecule has 1 amide bonds. The van der Waals surface area contributed by atoms with E-state index in [1.807, 2.05) is 37.3 Å². The van der Waals surface area contributed by atoms with E-state index in [0.717, 1.165) is 16.8 Å². The lowest BCUT2D eigenvalue weighted by Crippen LogP contribution is -2.29. The van der Waals surface area contributed by atoms with Crippen molar-refractivity contribution in [2.24, 2.45) is 5.10 Å². The van der Waals surface area contributed by atoms with Crippen LogP contribution in [0.2, 0.25) is 0 Å². The molecule has 33 heavy (non-hydrogen) atoms. The smallest absolute Gasteiger partial charge is 0.280 e. The number of hydrogen-bond donors (Lipinski definition) is 0. The number of aryl methyl sites for hydroxylation is 1. The van der Waals surface area contributed by atoms with Crippen molar-refractivity contribution in [2.45, 2.75) is 18.2 Å². The summed E-state index contributed by atoms with van der Waals surface area (Å²) in [6.45, 7) is 2.28. The SMILES string of the molecule is Cc1ccc(S(=O)(=O)N(C)c2ccc(OCC(=O)N3CCC(c4ccccc4)=N3)cc2)cc1. The van der Waals surface area contributed by atoms with E-state index in [-0.39, 0.29) is 17.4 Å². The molecule has 4 rings (SSSR count). The van der Waals surface area contributed by atoms with Crippen molar-refractivity contribution >= 4 is 27.3 Å².